The highest BCUT2D eigenvalue weighted by Gasteiger charge is 2.28. The van der Waals surface area contributed by atoms with Crippen molar-refractivity contribution in [3.8, 4) is 0 Å². The number of aromatic nitrogens is 4. The number of aromatic amines is 1. The molecule has 2 fully saturated rings. The van der Waals surface area contributed by atoms with Crippen LogP contribution in [0.2, 0.25) is 5.02 Å². The maximum atomic E-state index is 13.2. The molecule has 1 saturated carbocycles. The summed E-state index contributed by atoms with van der Waals surface area (Å²) in [5, 5.41) is 7.84. The molecule has 1 aliphatic heterocycles. The van der Waals surface area contributed by atoms with Gasteiger partial charge in [-0.15, -0.1) is 0 Å². The summed E-state index contributed by atoms with van der Waals surface area (Å²) >= 11 is 6.34. The van der Waals surface area contributed by atoms with Crippen LogP contribution in [0.25, 0.3) is 21.9 Å². The molecule has 0 bridgehead atoms. The minimum Gasteiger partial charge on any atom is -0.342 e. The van der Waals surface area contributed by atoms with E-state index in [-0.39, 0.29) is 6.03 Å². The van der Waals surface area contributed by atoms with Crippen molar-refractivity contribution in [2.75, 3.05) is 36.8 Å². The van der Waals surface area contributed by atoms with Crippen LogP contribution in [-0.4, -0.2) is 68.0 Å². The molecule has 1 aliphatic carbocycles. The van der Waals surface area contributed by atoms with Crippen LogP contribution in [0.5, 0.6) is 0 Å². The topological polar surface area (TPSA) is 102 Å². The number of fused-ring (bicyclic) bond motifs is 2. The third-order valence-electron chi connectivity index (χ3n) is 6.96. The number of carbonyl (C=O) groups is 1. The number of amides is 2. The number of benzene rings is 2. The molecule has 2 aromatic carbocycles. The lowest BCUT2D eigenvalue weighted by atomic mass is 10.2. The average Bonchev–Trinajstić information content (AvgIpc) is 3.63. The summed E-state index contributed by atoms with van der Waals surface area (Å²) in [4.78, 5) is 34.8. The van der Waals surface area contributed by atoms with E-state index in [1.165, 1.54) is 0 Å². The Bertz CT molecular complexity index is 1440. The number of halogens is 1. The van der Waals surface area contributed by atoms with Crippen LogP contribution >= 0.6 is 11.6 Å². The molecule has 186 valence electrons. The Morgan fingerprint density at radius 1 is 1.11 bits per heavy atom. The van der Waals surface area contributed by atoms with Crippen molar-refractivity contribution in [1.29, 1.82) is 0 Å². The van der Waals surface area contributed by atoms with Crippen molar-refractivity contribution in [3.05, 3.63) is 47.4 Å². The highest BCUT2D eigenvalue weighted by atomic mass is 35.5. The molecule has 1 saturated heterocycles. The fourth-order valence-corrected chi connectivity index (χ4v) is 4.92. The number of anilines is 3. The SMILES string of the molecule is CC(C)N1CCN(C(=O)Nc2cc(Nc3ncc4cccc(Cl)c4n3)cc3[nH]c(C4CC4)nc23)CC1. The second-order valence-corrected chi connectivity index (χ2v) is 10.3. The van der Waals surface area contributed by atoms with Crippen LogP contribution in [0, 0.1) is 0 Å². The molecule has 36 heavy (non-hydrogen) atoms. The number of hydrogen-bond acceptors (Lipinski definition) is 6. The highest BCUT2D eigenvalue weighted by molar-refractivity contribution is 6.35. The van der Waals surface area contributed by atoms with Crippen LogP contribution in [0.4, 0.5) is 22.1 Å². The van der Waals surface area contributed by atoms with E-state index >= 15 is 0 Å². The number of nitrogens with one attached hydrogen (secondary N) is 3. The molecule has 4 aromatic rings. The first-order valence-corrected chi connectivity index (χ1v) is 12.8. The lowest BCUT2D eigenvalue weighted by molar-refractivity contribution is 0.125. The third kappa shape index (κ3) is 4.56. The van der Waals surface area contributed by atoms with Crippen LogP contribution < -0.4 is 10.6 Å². The van der Waals surface area contributed by atoms with Gasteiger partial charge in [0.2, 0.25) is 5.95 Å². The van der Waals surface area contributed by atoms with E-state index in [0.29, 0.717) is 47.2 Å². The first-order chi connectivity index (χ1) is 17.4. The molecule has 10 heteroatoms. The molecule has 9 nitrogen and oxygen atoms in total. The average molecular weight is 505 g/mol. The predicted molar refractivity (Wildman–Crippen MR) is 143 cm³/mol. The number of nitrogens with zero attached hydrogens (tertiary/aromatic N) is 5. The monoisotopic (exact) mass is 504 g/mol. The Morgan fingerprint density at radius 3 is 2.67 bits per heavy atom. The molecule has 3 N–H and O–H groups in total. The summed E-state index contributed by atoms with van der Waals surface area (Å²) in [6.07, 6.45) is 4.02. The van der Waals surface area contributed by atoms with E-state index < -0.39 is 0 Å². The first-order valence-electron chi connectivity index (χ1n) is 12.5. The van der Waals surface area contributed by atoms with E-state index in [1.54, 1.807) is 6.20 Å². The molecule has 0 atom stereocenters. The number of carbonyl (C=O) groups excluding carboxylic acids is 1. The number of urea groups is 1. The predicted octanol–water partition coefficient (Wildman–Crippen LogP) is 5.34. The van der Waals surface area contributed by atoms with Crippen LogP contribution in [0.15, 0.2) is 36.5 Å². The van der Waals surface area contributed by atoms with Crippen LogP contribution in [0.3, 0.4) is 0 Å². The van der Waals surface area contributed by atoms with Gasteiger partial charge in [0.25, 0.3) is 0 Å². The van der Waals surface area contributed by atoms with Crippen molar-refractivity contribution < 1.29 is 4.79 Å². The lowest BCUT2D eigenvalue weighted by Crippen LogP contribution is -2.51. The van der Waals surface area contributed by atoms with Crippen molar-refractivity contribution in [1.82, 2.24) is 29.7 Å². The quantitative estimate of drug-likeness (QED) is 0.339. The standard InChI is InChI=1S/C26H29ClN8O/c1-15(2)34-8-10-35(11-9-34)26(36)31-21-13-18(12-20-23(21)32-24(30-20)16-6-7-16)29-25-28-14-17-4-3-5-19(27)22(17)33-25/h3-5,12-16H,6-11H2,1-2H3,(H,30,32)(H,31,36)(H,28,29,33). The van der Waals surface area contributed by atoms with Crippen molar-refractivity contribution in [2.45, 2.75) is 38.6 Å². The first kappa shape index (κ1) is 23.0. The van der Waals surface area contributed by atoms with E-state index in [4.69, 9.17) is 16.6 Å². The van der Waals surface area contributed by atoms with Gasteiger partial charge >= 0.3 is 6.03 Å². The molecule has 2 aromatic heterocycles. The summed E-state index contributed by atoms with van der Waals surface area (Å²) in [6, 6.07) is 9.85. The van der Waals surface area contributed by atoms with E-state index in [9.17, 15) is 4.79 Å². The maximum Gasteiger partial charge on any atom is 0.321 e. The van der Waals surface area contributed by atoms with Gasteiger partial charge in [0, 0.05) is 55.4 Å². The van der Waals surface area contributed by atoms with Crippen LogP contribution in [-0.2, 0) is 0 Å². The third-order valence-corrected chi connectivity index (χ3v) is 7.27. The van der Waals surface area contributed by atoms with Gasteiger partial charge in [0.15, 0.2) is 0 Å². The van der Waals surface area contributed by atoms with Gasteiger partial charge < -0.3 is 20.5 Å². The zero-order chi connectivity index (χ0) is 24.8. The minimum atomic E-state index is -0.110. The number of hydrogen-bond donors (Lipinski definition) is 3. The van der Waals surface area contributed by atoms with Gasteiger partial charge in [0.1, 0.15) is 11.3 Å². The second kappa shape index (κ2) is 9.22. The molecule has 2 aliphatic rings. The molecule has 0 radical (unpaired) electrons. The van der Waals surface area contributed by atoms with Gasteiger partial charge in [-0.2, -0.15) is 0 Å². The van der Waals surface area contributed by atoms with Gasteiger partial charge in [-0.25, -0.2) is 19.7 Å². The normalized spacial score (nSPS) is 16.7. The molecular formula is C26H29ClN8O. The molecule has 2 amide bonds. The Morgan fingerprint density at radius 2 is 1.92 bits per heavy atom. The van der Waals surface area contributed by atoms with E-state index in [2.05, 4.69) is 44.3 Å². The maximum absolute atomic E-state index is 13.2. The molecular weight excluding hydrogens is 476 g/mol. The number of piperazine rings is 1. The van der Waals surface area contributed by atoms with Crippen molar-refractivity contribution in [3.63, 3.8) is 0 Å². The van der Waals surface area contributed by atoms with Gasteiger partial charge in [0.05, 0.1) is 21.7 Å². The second-order valence-electron chi connectivity index (χ2n) is 9.86. The Hall–Kier alpha value is -3.43. The van der Waals surface area contributed by atoms with Gasteiger partial charge in [-0.3, -0.25) is 4.90 Å². The largest absolute Gasteiger partial charge is 0.342 e. The van der Waals surface area contributed by atoms with E-state index in [1.807, 2.05) is 35.2 Å². The van der Waals surface area contributed by atoms with E-state index in [0.717, 1.165) is 53.9 Å². The van der Waals surface area contributed by atoms with Crippen molar-refractivity contribution in [2.24, 2.45) is 0 Å². The Kier molecular flexibility index (Phi) is 5.89. The molecule has 0 unspecified atom stereocenters. The fraction of sp³-hybridized carbons (Fsp3) is 0.385. The zero-order valence-corrected chi connectivity index (χ0v) is 21.1. The zero-order valence-electron chi connectivity index (χ0n) is 20.4. The summed E-state index contributed by atoms with van der Waals surface area (Å²) in [5.41, 5.74) is 3.72. The number of H-pyrrole nitrogens is 1. The number of para-hydroxylation sites is 1. The van der Waals surface area contributed by atoms with Gasteiger partial charge in [-0.1, -0.05) is 23.7 Å². The van der Waals surface area contributed by atoms with Crippen LogP contribution in [0.1, 0.15) is 38.4 Å². The molecule has 3 heterocycles. The summed E-state index contributed by atoms with van der Waals surface area (Å²) < 4.78 is 0. The number of imidazole rings is 1. The summed E-state index contributed by atoms with van der Waals surface area (Å²) in [7, 11) is 0. The minimum absolute atomic E-state index is 0.110. The molecule has 0 spiro atoms. The Balaban J connectivity index is 1.29. The van der Waals surface area contributed by atoms with Crippen molar-refractivity contribution >= 4 is 56.9 Å². The fourth-order valence-electron chi connectivity index (χ4n) is 4.70. The highest BCUT2D eigenvalue weighted by Crippen LogP contribution is 2.40. The lowest BCUT2D eigenvalue weighted by Gasteiger charge is -2.36. The van der Waals surface area contributed by atoms with Gasteiger partial charge in [-0.05, 0) is 44.9 Å². The number of rotatable bonds is 5. The smallest absolute Gasteiger partial charge is 0.321 e. The summed E-state index contributed by atoms with van der Waals surface area (Å²) in [6.45, 7) is 7.52. The molecule has 6 rings (SSSR count). The summed E-state index contributed by atoms with van der Waals surface area (Å²) in [5.74, 6) is 1.86. The Labute approximate surface area is 214 Å².